The molecule has 0 radical (unpaired) electrons. The van der Waals surface area contributed by atoms with Crippen LogP contribution >= 0.6 is 11.6 Å². The number of imidazole rings is 1. The first-order valence-corrected chi connectivity index (χ1v) is 7.60. The molecule has 0 fully saturated rings. The van der Waals surface area contributed by atoms with Gasteiger partial charge in [0.05, 0.1) is 12.1 Å². The number of rotatable bonds is 5. The monoisotopic (exact) mass is 329 g/mol. The molecule has 1 aromatic carbocycles. The Kier molecular flexibility index (Phi) is 4.48. The van der Waals surface area contributed by atoms with Gasteiger partial charge in [0.1, 0.15) is 11.5 Å². The Morgan fingerprint density at radius 3 is 2.78 bits per heavy atom. The van der Waals surface area contributed by atoms with Crippen molar-refractivity contribution in [2.75, 3.05) is 19.0 Å². The van der Waals surface area contributed by atoms with Crippen molar-refractivity contribution in [2.45, 2.75) is 6.42 Å². The largest absolute Gasteiger partial charge is 0.464 e. The summed E-state index contributed by atoms with van der Waals surface area (Å²) >= 11 is 6.05. The maximum Gasteiger partial charge on any atom is 0.360 e. The Labute approximate surface area is 138 Å². The second-order valence-electron chi connectivity index (χ2n) is 5.04. The number of hydrogen-bond acceptors (Lipinski definition) is 4. The van der Waals surface area contributed by atoms with Gasteiger partial charge in [-0.25, -0.2) is 9.78 Å². The van der Waals surface area contributed by atoms with Crippen molar-refractivity contribution in [3.63, 3.8) is 0 Å². The zero-order valence-electron chi connectivity index (χ0n) is 12.6. The molecule has 0 bridgehead atoms. The summed E-state index contributed by atoms with van der Waals surface area (Å²) in [5.41, 5.74) is 2.10. The van der Waals surface area contributed by atoms with E-state index in [0.29, 0.717) is 23.0 Å². The predicted octanol–water partition coefficient (Wildman–Crippen LogP) is 3.43. The van der Waals surface area contributed by atoms with Gasteiger partial charge in [-0.2, -0.15) is 0 Å². The van der Waals surface area contributed by atoms with Crippen LogP contribution in [-0.4, -0.2) is 29.0 Å². The Morgan fingerprint density at radius 1 is 1.26 bits per heavy atom. The van der Waals surface area contributed by atoms with Crippen LogP contribution in [0.2, 0.25) is 5.02 Å². The molecule has 2 aromatic heterocycles. The topological polar surface area (TPSA) is 55.6 Å². The lowest BCUT2D eigenvalue weighted by Crippen LogP contribution is -2.11. The molecule has 3 aromatic rings. The van der Waals surface area contributed by atoms with E-state index in [1.165, 1.54) is 12.7 Å². The molecule has 5 nitrogen and oxygen atoms in total. The second-order valence-corrected chi connectivity index (χ2v) is 5.47. The van der Waals surface area contributed by atoms with E-state index in [9.17, 15) is 4.79 Å². The summed E-state index contributed by atoms with van der Waals surface area (Å²) in [5.74, 6) is 0.109. The SMILES string of the molecule is COC(=O)c1nc2ccc(Cl)cn2c1NCCc1ccccc1. The zero-order valence-corrected chi connectivity index (χ0v) is 13.4. The fourth-order valence-corrected chi connectivity index (χ4v) is 2.56. The number of aromatic nitrogens is 2. The number of esters is 1. The Morgan fingerprint density at radius 2 is 2.04 bits per heavy atom. The van der Waals surface area contributed by atoms with Crippen molar-refractivity contribution in [3.8, 4) is 0 Å². The lowest BCUT2D eigenvalue weighted by atomic mass is 10.1. The third kappa shape index (κ3) is 3.29. The molecule has 0 aliphatic carbocycles. The molecule has 6 heteroatoms. The number of carbonyl (C=O) groups excluding carboxylic acids is 1. The summed E-state index contributed by atoms with van der Waals surface area (Å²) in [5, 5.41) is 3.84. The van der Waals surface area contributed by atoms with Crippen molar-refractivity contribution in [2.24, 2.45) is 0 Å². The normalized spacial score (nSPS) is 10.7. The molecule has 1 N–H and O–H groups in total. The Bertz CT molecular complexity index is 830. The molecular formula is C17H16ClN3O2. The number of benzene rings is 1. The first-order valence-electron chi connectivity index (χ1n) is 7.23. The van der Waals surface area contributed by atoms with Crippen molar-refractivity contribution in [1.29, 1.82) is 0 Å². The molecule has 0 spiro atoms. The highest BCUT2D eigenvalue weighted by molar-refractivity contribution is 6.30. The van der Waals surface area contributed by atoms with Crippen LogP contribution < -0.4 is 5.32 Å². The number of anilines is 1. The molecule has 0 saturated heterocycles. The molecule has 2 heterocycles. The van der Waals surface area contributed by atoms with Gasteiger partial charge in [0, 0.05) is 12.7 Å². The van der Waals surface area contributed by atoms with Crippen molar-refractivity contribution in [3.05, 3.63) is 64.9 Å². The molecule has 0 amide bonds. The molecule has 0 atom stereocenters. The summed E-state index contributed by atoms with van der Waals surface area (Å²) in [6.45, 7) is 0.661. The second kappa shape index (κ2) is 6.71. The van der Waals surface area contributed by atoms with Gasteiger partial charge < -0.3 is 10.1 Å². The molecule has 0 saturated carbocycles. The standard InChI is InChI=1S/C17H16ClN3O2/c1-23-17(22)15-16(19-10-9-12-5-3-2-4-6-12)21-11-13(18)7-8-14(21)20-15/h2-8,11,19H,9-10H2,1H3. The minimum absolute atomic E-state index is 0.253. The number of methoxy groups -OCH3 is 1. The van der Waals surface area contributed by atoms with Crippen LogP contribution in [0.15, 0.2) is 48.7 Å². The summed E-state index contributed by atoms with van der Waals surface area (Å²) < 4.78 is 6.58. The van der Waals surface area contributed by atoms with Crippen LogP contribution in [0.5, 0.6) is 0 Å². The van der Waals surface area contributed by atoms with Crippen LogP contribution in [0.4, 0.5) is 5.82 Å². The van der Waals surface area contributed by atoms with Crippen molar-refractivity contribution < 1.29 is 9.53 Å². The predicted molar refractivity (Wildman–Crippen MR) is 90.2 cm³/mol. The lowest BCUT2D eigenvalue weighted by Gasteiger charge is -2.08. The molecule has 23 heavy (non-hydrogen) atoms. The van der Waals surface area contributed by atoms with Crippen molar-refractivity contribution in [1.82, 2.24) is 9.38 Å². The average Bonchev–Trinajstić information content (AvgIpc) is 2.93. The van der Waals surface area contributed by atoms with Crippen molar-refractivity contribution >= 4 is 29.0 Å². The van der Waals surface area contributed by atoms with E-state index in [4.69, 9.17) is 16.3 Å². The summed E-state index contributed by atoms with van der Waals surface area (Å²) in [7, 11) is 1.34. The van der Waals surface area contributed by atoms with Gasteiger partial charge in [0.2, 0.25) is 0 Å². The first-order chi connectivity index (χ1) is 11.2. The third-order valence-electron chi connectivity index (χ3n) is 3.51. The molecule has 0 aliphatic heterocycles. The highest BCUT2D eigenvalue weighted by Gasteiger charge is 2.19. The smallest absolute Gasteiger partial charge is 0.360 e. The number of fused-ring (bicyclic) bond motifs is 1. The van der Waals surface area contributed by atoms with Gasteiger partial charge in [-0.1, -0.05) is 41.9 Å². The quantitative estimate of drug-likeness (QED) is 0.729. The van der Waals surface area contributed by atoms with Crippen LogP contribution in [0.3, 0.4) is 0 Å². The highest BCUT2D eigenvalue weighted by atomic mass is 35.5. The van der Waals surface area contributed by atoms with Gasteiger partial charge in [-0.05, 0) is 24.1 Å². The van der Waals surface area contributed by atoms with Crippen LogP contribution in [-0.2, 0) is 11.2 Å². The molecular weight excluding hydrogens is 314 g/mol. The number of hydrogen-bond donors (Lipinski definition) is 1. The summed E-state index contributed by atoms with van der Waals surface area (Å²) in [4.78, 5) is 16.3. The van der Waals surface area contributed by atoms with E-state index in [-0.39, 0.29) is 5.69 Å². The number of carbonyl (C=O) groups is 1. The first kappa shape index (κ1) is 15.4. The van der Waals surface area contributed by atoms with E-state index in [1.54, 1.807) is 22.7 Å². The maximum absolute atomic E-state index is 12.0. The fourth-order valence-electron chi connectivity index (χ4n) is 2.40. The van der Waals surface area contributed by atoms with E-state index < -0.39 is 5.97 Å². The van der Waals surface area contributed by atoms with Gasteiger partial charge in [-0.3, -0.25) is 4.40 Å². The van der Waals surface area contributed by atoms with E-state index in [1.807, 2.05) is 18.2 Å². The van der Waals surface area contributed by atoms with E-state index in [2.05, 4.69) is 22.4 Å². The van der Waals surface area contributed by atoms with Crippen LogP contribution in [0.1, 0.15) is 16.1 Å². The third-order valence-corrected chi connectivity index (χ3v) is 3.73. The fraction of sp³-hybridized carbons (Fsp3) is 0.176. The van der Waals surface area contributed by atoms with E-state index in [0.717, 1.165) is 6.42 Å². The van der Waals surface area contributed by atoms with Gasteiger partial charge in [-0.15, -0.1) is 0 Å². The Hall–Kier alpha value is -2.53. The molecule has 0 unspecified atom stereocenters. The summed E-state index contributed by atoms with van der Waals surface area (Å²) in [6.07, 6.45) is 2.55. The minimum Gasteiger partial charge on any atom is -0.464 e. The molecule has 0 aliphatic rings. The number of nitrogens with one attached hydrogen (secondary N) is 1. The molecule has 3 rings (SSSR count). The number of nitrogens with zero attached hydrogens (tertiary/aromatic N) is 2. The van der Waals surface area contributed by atoms with Gasteiger partial charge in [0.15, 0.2) is 5.69 Å². The van der Waals surface area contributed by atoms with Gasteiger partial charge >= 0.3 is 5.97 Å². The Balaban J connectivity index is 1.88. The van der Waals surface area contributed by atoms with Crippen LogP contribution in [0, 0.1) is 0 Å². The van der Waals surface area contributed by atoms with Crippen LogP contribution in [0.25, 0.3) is 5.65 Å². The summed E-state index contributed by atoms with van der Waals surface area (Å²) in [6, 6.07) is 13.6. The average molecular weight is 330 g/mol. The number of pyridine rings is 1. The lowest BCUT2D eigenvalue weighted by molar-refractivity contribution is 0.0596. The number of halogens is 1. The van der Waals surface area contributed by atoms with Gasteiger partial charge in [0.25, 0.3) is 0 Å². The highest BCUT2D eigenvalue weighted by Crippen LogP contribution is 2.21. The minimum atomic E-state index is -0.480. The zero-order chi connectivity index (χ0) is 16.2. The van der Waals surface area contributed by atoms with E-state index >= 15 is 0 Å². The number of ether oxygens (including phenoxy) is 1. The maximum atomic E-state index is 12.0. The molecule has 118 valence electrons.